The number of hydrogen-bond donors (Lipinski definition) is 1. The minimum Gasteiger partial charge on any atom is -0.462 e. The minimum atomic E-state index is -0.403. The number of carbonyl (C=O) groups is 3. The number of rotatable bonds is 7. The number of likely N-dealkylation sites (tertiary alicyclic amines) is 1. The number of aryl methyl sites for hydroxylation is 2. The van der Waals surface area contributed by atoms with Gasteiger partial charge >= 0.3 is 5.97 Å². The van der Waals surface area contributed by atoms with Crippen LogP contribution in [0.5, 0.6) is 0 Å². The van der Waals surface area contributed by atoms with E-state index in [-0.39, 0.29) is 23.8 Å². The Morgan fingerprint density at radius 1 is 1.13 bits per heavy atom. The van der Waals surface area contributed by atoms with Gasteiger partial charge in [-0.3, -0.25) is 14.3 Å². The Hall–Kier alpha value is -3.20. The fraction of sp³-hybridized carbons (Fsp3) is 0.600. The van der Waals surface area contributed by atoms with Crippen LogP contribution in [-0.4, -0.2) is 71.9 Å². The van der Waals surface area contributed by atoms with Crippen LogP contribution in [0.25, 0.3) is 0 Å². The lowest BCUT2D eigenvalue weighted by Gasteiger charge is -2.36. The fourth-order valence-electron chi connectivity index (χ4n) is 6.00. The molecule has 2 aromatic rings. The van der Waals surface area contributed by atoms with Crippen LogP contribution < -0.4 is 5.32 Å². The highest BCUT2D eigenvalue weighted by Gasteiger charge is 2.39. The number of esters is 1. The number of aromatic nitrogens is 2. The zero-order valence-electron chi connectivity index (χ0n) is 23.2. The zero-order chi connectivity index (χ0) is 27.4. The van der Waals surface area contributed by atoms with Gasteiger partial charge in [-0.25, -0.2) is 4.79 Å². The van der Waals surface area contributed by atoms with Gasteiger partial charge in [0.15, 0.2) is 0 Å². The van der Waals surface area contributed by atoms with Crippen LogP contribution in [0, 0.1) is 11.3 Å². The first-order valence-electron chi connectivity index (χ1n) is 14.4. The van der Waals surface area contributed by atoms with Crippen molar-refractivity contribution >= 4 is 17.8 Å². The molecule has 39 heavy (non-hydrogen) atoms. The molecule has 0 saturated carbocycles. The van der Waals surface area contributed by atoms with Crippen LogP contribution in [0.2, 0.25) is 0 Å². The molecule has 0 atom stereocenters. The van der Waals surface area contributed by atoms with Crippen molar-refractivity contribution in [3.8, 4) is 0 Å². The summed E-state index contributed by atoms with van der Waals surface area (Å²) in [6.07, 6.45) is 5.94. The van der Waals surface area contributed by atoms with Crippen molar-refractivity contribution in [2.24, 2.45) is 11.3 Å². The molecular weight excluding hydrogens is 496 g/mol. The number of amides is 2. The summed E-state index contributed by atoms with van der Waals surface area (Å²) in [6.45, 7) is 8.74. The maximum Gasteiger partial charge on any atom is 0.338 e. The normalized spacial score (nSPS) is 19.3. The van der Waals surface area contributed by atoms with Crippen molar-refractivity contribution in [3.63, 3.8) is 0 Å². The van der Waals surface area contributed by atoms with Crippen molar-refractivity contribution in [2.75, 3.05) is 39.5 Å². The van der Waals surface area contributed by atoms with Crippen LogP contribution >= 0.6 is 0 Å². The van der Waals surface area contributed by atoms with E-state index in [1.807, 2.05) is 11.8 Å². The number of carbonyl (C=O) groups excluding carboxylic acids is 3. The number of nitrogens with one attached hydrogen (secondary N) is 1. The standard InChI is InChI=1S/C30H40N4O5/c1-3-34-26-24(19-30(20-31-27(26)35)12-17-38-18-13-30)25(32-34)5-4-16-39-29(37)23-8-6-22(7-9-23)28(36)33-14-10-21(2)11-15-33/h6-9,21H,3-5,10-20H2,1-2H3,(H,31,35). The third kappa shape index (κ3) is 6.03. The van der Waals surface area contributed by atoms with E-state index in [2.05, 4.69) is 12.2 Å². The van der Waals surface area contributed by atoms with E-state index in [0.717, 1.165) is 56.5 Å². The van der Waals surface area contributed by atoms with Crippen molar-refractivity contribution in [2.45, 2.75) is 65.3 Å². The molecule has 1 N–H and O–H groups in total. The van der Waals surface area contributed by atoms with E-state index in [0.29, 0.717) is 61.9 Å². The van der Waals surface area contributed by atoms with Gasteiger partial charge in [-0.2, -0.15) is 5.10 Å². The van der Waals surface area contributed by atoms with Gasteiger partial charge in [0.2, 0.25) is 0 Å². The van der Waals surface area contributed by atoms with Crippen molar-refractivity contribution < 1.29 is 23.9 Å². The van der Waals surface area contributed by atoms with Crippen molar-refractivity contribution in [1.82, 2.24) is 20.0 Å². The van der Waals surface area contributed by atoms with E-state index in [4.69, 9.17) is 14.6 Å². The van der Waals surface area contributed by atoms with Crippen LogP contribution in [-0.2, 0) is 28.9 Å². The number of hydrogen-bond acceptors (Lipinski definition) is 6. The van der Waals surface area contributed by atoms with Gasteiger partial charge in [-0.15, -0.1) is 0 Å². The van der Waals surface area contributed by atoms with Crippen LogP contribution in [0.15, 0.2) is 24.3 Å². The Labute approximate surface area is 230 Å². The molecule has 3 aliphatic rings. The highest BCUT2D eigenvalue weighted by molar-refractivity contribution is 5.96. The molecule has 9 nitrogen and oxygen atoms in total. The van der Waals surface area contributed by atoms with Gasteiger partial charge < -0.3 is 19.7 Å². The molecule has 0 aliphatic carbocycles. The van der Waals surface area contributed by atoms with Gasteiger partial charge in [0.25, 0.3) is 11.8 Å². The van der Waals surface area contributed by atoms with Crippen LogP contribution in [0.4, 0.5) is 0 Å². The molecular formula is C30H40N4O5. The van der Waals surface area contributed by atoms with Crippen LogP contribution in [0.1, 0.15) is 88.4 Å². The molecule has 3 aliphatic heterocycles. The average Bonchev–Trinajstić information content (AvgIpc) is 3.24. The topological polar surface area (TPSA) is 103 Å². The Kier molecular flexibility index (Phi) is 8.35. The maximum absolute atomic E-state index is 13.0. The van der Waals surface area contributed by atoms with E-state index >= 15 is 0 Å². The molecule has 4 heterocycles. The van der Waals surface area contributed by atoms with E-state index in [9.17, 15) is 14.4 Å². The number of benzene rings is 1. The van der Waals surface area contributed by atoms with E-state index < -0.39 is 5.97 Å². The summed E-state index contributed by atoms with van der Waals surface area (Å²) in [4.78, 5) is 40.3. The lowest BCUT2D eigenvalue weighted by atomic mass is 9.75. The lowest BCUT2D eigenvalue weighted by molar-refractivity contribution is 0.0160. The largest absolute Gasteiger partial charge is 0.462 e. The summed E-state index contributed by atoms with van der Waals surface area (Å²) in [7, 11) is 0. The molecule has 0 bridgehead atoms. The Balaban J connectivity index is 1.17. The second-order valence-electron chi connectivity index (χ2n) is 11.4. The molecule has 9 heteroatoms. The minimum absolute atomic E-state index is 0.00193. The summed E-state index contributed by atoms with van der Waals surface area (Å²) in [5.41, 5.74) is 3.65. The molecule has 2 fully saturated rings. The highest BCUT2D eigenvalue weighted by Crippen LogP contribution is 2.37. The monoisotopic (exact) mass is 536 g/mol. The zero-order valence-corrected chi connectivity index (χ0v) is 23.2. The fourth-order valence-corrected chi connectivity index (χ4v) is 6.00. The highest BCUT2D eigenvalue weighted by atomic mass is 16.5. The summed E-state index contributed by atoms with van der Waals surface area (Å²) in [5.74, 6) is 0.215. The molecule has 5 rings (SSSR count). The number of fused-ring (bicyclic) bond motifs is 1. The lowest BCUT2D eigenvalue weighted by Crippen LogP contribution is -2.40. The third-order valence-corrected chi connectivity index (χ3v) is 8.61. The summed E-state index contributed by atoms with van der Waals surface area (Å²) in [5, 5.41) is 7.90. The van der Waals surface area contributed by atoms with Gasteiger partial charge in [0.05, 0.1) is 17.9 Å². The molecule has 0 radical (unpaired) electrons. The molecule has 1 aromatic carbocycles. The first-order chi connectivity index (χ1) is 18.9. The SMILES string of the molecule is CCn1nc(CCCOC(=O)c2ccc(C(=O)N3CCC(C)CC3)cc2)c2c1C(=O)NCC1(CCOCC1)C2. The Morgan fingerprint density at radius 2 is 1.82 bits per heavy atom. The second kappa shape index (κ2) is 11.9. The van der Waals surface area contributed by atoms with E-state index in [1.165, 1.54) is 0 Å². The third-order valence-electron chi connectivity index (χ3n) is 8.61. The van der Waals surface area contributed by atoms with E-state index in [1.54, 1.807) is 28.9 Å². The van der Waals surface area contributed by atoms with Gasteiger partial charge in [0, 0.05) is 50.5 Å². The summed E-state index contributed by atoms with van der Waals surface area (Å²) in [6, 6.07) is 6.75. The number of piperidine rings is 1. The first kappa shape index (κ1) is 27.4. The first-order valence-corrected chi connectivity index (χ1v) is 14.4. The molecule has 1 spiro atoms. The summed E-state index contributed by atoms with van der Waals surface area (Å²) >= 11 is 0. The molecule has 2 amide bonds. The van der Waals surface area contributed by atoms with Gasteiger partial charge in [0.1, 0.15) is 5.69 Å². The second-order valence-corrected chi connectivity index (χ2v) is 11.4. The average molecular weight is 537 g/mol. The molecule has 210 valence electrons. The van der Waals surface area contributed by atoms with Crippen LogP contribution in [0.3, 0.4) is 0 Å². The Bertz CT molecular complexity index is 1190. The van der Waals surface area contributed by atoms with Gasteiger partial charge in [-0.05, 0) is 87.5 Å². The molecule has 0 unspecified atom stereocenters. The predicted octanol–water partition coefficient (Wildman–Crippen LogP) is 3.65. The van der Waals surface area contributed by atoms with Crippen molar-refractivity contribution in [3.05, 3.63) is 52.3 Å². The maximum atomic E-state index is 13.0. The Morgan fingerprint density at radius 3 is 2.51 bits per heavy atom. The molecule has 1 aromatic heterocycles. The van der Waals surface area contributed by atoms with Crippen molar-refractivity contribution in [1.29, 1.82) is 0 Å². The summed E-state index contributed by atoms with van der Waals surface area (Å²) < 4.78 is 12.9. The molecule has 2 saturated heterocycles. The number of ether oxygens (including phenoxy) is 2. The van der Waals surface area contributed by atoms with Gasteiger partial charge in [-0.1, -0.05) is 6.92 Å². The number of nitrogens with zero attached hydrogens (tertiary/aromatic N) is 3. The quantitative estimate of drug-likeness (QED) is 0.428. The predicted molar refractivity (Wildman–Crippen MR) is 146 cm³/mol. The smallest absolute Gasteiger partial charge is 0.338 e.